The zero-order chi connectivity index (χ0) is 17.1. The molecule has 3 rings (SSSR count). The maximum Gasteiger partial charge on any atom is 0.323 e. The van der Waals surface area contributed by atoms with E-state index in [0.29, 0.717) is 13.0 Å². The summed E-state index contributed by atoms with van der Waals surface area (Å²) in [5, 5.41) is 0. The Bertz CT molecular complexity index is 856. The fourth-order valence-electron chi connectivity index (χ4n) is 2.76. The Morgan fingerprint density at radius 3 is 2.75 bits per heavy atom. The van der Waals surface area contributed by atoms with E-state index in [1.54, 1.807) is 6.92 Å². The van der Waals surface area contributed by atoms with E-state index < -0.39 is 12.0 Å². The van der Waals surface area contributed by atoms with Crippen molar-refractivity contribution in [2.45, 2.75) is 26.3 Å². The van der Waals surface area contributed by atoms with Gasteiger partial charge in [0, 0.05) is 18.2 Å². The Morgan fingerprint density at radius 1 is 1.29 bits per heavy atom. The lowest BCUT2D eigenvalue weighted by molar-refractivity contribution is -0.144. The highest BCUT2D eigenvalue weighted by atomic mass is 16.5. The van der Waals surface area contributed by atoms with Crippen LogP contribution >= 0.6 is 0 Å². The molecule has 24 heavy (non-hydrogen) atoms. The van der Waals surface area contributed by atoms with Crippen LogP contribution in [0.15, 0.2) is 48.7 Å². The molecule has 0 aliphatic heterocycles. The molecule has 0 saturated carbocycles. The number of aromatic nitrogens is 2. The van der Waals surface area contributed by atoms with Crippen molar-refractivity contribution in [1.82, 2.24) is 9.38 Å². The third-order valence-corrected chi connectivity index (χ3v) is 3.93. The number of aryl methyl sites for hydroxylation is 1. The molecule has 2 heterocycles. The lowest BCUT2D eigenvalue weighted by Gasteiger charge is -2.12. The van der Waals surface area contributed by atoms with E-state index in [0.717, 1.165) is 28.2 Å². The molecule has 0 saturated heterocycles. The molecule has 2 N–H and O–H groups in total. The molecule has 1 aromatic carbocycles. The minimum absolute atomic E-state index is 0.324. The molecule has 0 fully saturated rings. The molecule has 5 nitrogen and oxygen atoms in total. The number of ether oxygens (including phenoxy) is 1. The molecular weight excluding hydrogens is 302 g/mol. The van der Waals surface area contributed by atoms with Crippen LogP contribution in [0, 0.1) is 6.92 Å². The van der Waals surface area contributed by atoms with Gasteiger partial charge < -0.3 is 14.9 Å². The number of imidazole rings is 1. The van der Waals surface area contributed by atoms with Crippen molar-refractivity contribution in [1.29, 1.82) is 0 Å². The van der Waals surface area contributed by atoms with E-state index in [1.807, 2.05) is 60.0 Å². The smallest absolute Gasteiger partial charge is 0.323 e. The normalized spacial score (nSPS) is 12.3. The first kappa shape index (κ1) is 16.2. The van der Waals surface area contributed by atoms with Crippen molar-refractivity contribution in [3.8, 4) is 11.3 Å². The van der Waals surface area contributed by atoms with Gasteiger partial charge >= 0.3 is 5.97 Å². The van der Waals surface area contributed by atoms with E-state index >= 15 is 0 Å². The lowest BCUT2D eigenvalue weighted by Crippen LogP contribution is -2.34. The first-order valence-corrected chi connectivity index (χ1v) is 8.05. The van der Waals surface area contributed by atoms with E-state index in [4.69, 9.17) is 15.5 Å². The quantitative estimate of drug-likeness (QED) is 0.733. The summed E-state index contributed by atoms with van der Waals surface area (Å²) < 4.78 is 7.03. The second kappa shape index (κ2) is 6.84. The summed E-state index contributed by atoms with van der Waals surface area (Å²) in [6.45, 7) is 4.13. The molecular formula is C19H21N3O2. The van der Waals surface area contributed by atoms with Crippen LogP contribution in [0.4, 0.5) is 0 Å². The van der Waals surface area contributed by atoms with Crippen molar-refractivity contribution in [2.75, 3.05) is 6.61 Å². The van der Waals surface area contributed by atoms with Crippen molar-refractivity contribution in [3.05, 3.63) is 59.9 Å². The Kier molecular flexibility index (Phi) is 4.62. The van der Waals surface area contributed by atoms with Crippen molar-refractivity contribution < 1.29 is 9.53 Å². The molecule has 124 valence electrons. The summed E-state index contributed by atoms with van der Waals surface area (Å²) in [5.74, 6) is -0.390. The van der Waals surface area contributed by atoms with Crippen LogP contribution in [0.3, 0.4) is 0 Å². The summed E-state index contributed by atoms with van der Waals surface area (Å²) in [6.07, 6.45) is 2.34. The van der Waals surface area contributed by atoms with Gasteiger partial charge in [0.1, 0.15) is 11.7 Å². The number of hydrogen-bond acceptors (Lipinski definition) is 4. The zero-order valence-electron chi connectivity index (χ0n) is 13.9. The number of pyridine rings is 1. The molecule has 5 heteroatoms. The highest BCUT2D eigenvalue weighted by Crippen LogP contribution is 2.25. The lowest BCUT2D eigenvalue weighted by atomic mass is 10.1. The Morgan fingerprint density at radius 2 is 2.04 bits per heavy atom. The number of nitrogens with zero attached hydrogens (tertiary/aromatic N) is 2. The molecule has 0 bridgehead atoms. The number of fused-ring (bicyclic) bond motifs is 1. The monoisotopic (exact) mass is 323 g/mol. The topological polar surface area (TPSA) is 69.6 Å². The first-order chi connectivity index (χ1) is 11.6. The summed E-state index contributed by atoms with van der Waals surface area (Å²) in [6, 6.07) is 13.2. The van der Waals surface area contributed by atoms with E-state index in [-0.39, 0.29) is 0 Å². The third-order valence-electron chi connectivity index (χ3n) is 3.93. The second-order valence-electron chi connectivity index (χ2n) is 5.77. The van der Waals surface area contributed by atoms with E-state index in [2.05, 4.69) is 0 Å². The molecule has 1 atom stereocenters. The number of esters is 1. The number of rotatable bonds is 5. The zero-order valence-corrected chi connectivity index (χ0v) is 13.9. The minimum atomic E-state index is -0.714. The summed E-state index contributed by atoms with van der Waals surface area (Å²) in [4.78, 5) is 16.7. The molecule has 0 radical (unpaired) electrons. The van der Waals surface area contributed by atoms with Gasteiger partial charge in [-0.1, -0.05) is 30.3 Å². The first-order valence-electron chi connectivity index (χ1n) is 8.05. The highest BCUT2D eigenvalue weighted by molar-refractivity contribution is 5.77. The number of hydrogen-bond donors (Lipinski definition) is 1. The summed E-state index contributed by atoms with van der Waals surface area (Å²) in [7, 11) is 0. The molecule has 0 aliphatic carbocycles. The average molecular weight is 323 g/mol. The summed E-state index contributed by atoms with van der Waals surface area (Å²) >= 11 is 0. The number of nitrogens with two attached hydrogens (primary N) is 1. The van der Waals surface area contributed by atoms with Crippen molar-refractivity contribution in [2.24, 2.45) is 5.73 Å². The Labute approximate surface area is 141 Å². The maximum absolute atomic E-state index is 11.9. The molecule has 0 spiro atoms. The predicted molar refractivity (Wildman–Crippen MR) is 93.7 cm³/mol. The Hall–Kier alpha value is -2.66. The number of carbonyl (C=O) groups is 1. The Balaban J connectivity index is 2.08. The van der Waals surface area contributed by atoms with Gasteiger partial charge in [0.25, 0.3) is 0 Å². The maximum atomic E-state index is 11.9. The van der Waals surface area contributed by atoms with Crippen molar-refractivity contribution in [3.63, 3.8) is 0 Å². The third kappa shape index (κ3) is 3.16. The van der Waals surface area contributed by atoms with Gasteiger partial charge in [0.15, 0.2) is 0 Å². The molecule has 0 amide bonds. The van der Waals surface area contributed by atoms with Crippen LogP contribution in [0.1, 0.15) is 18.2 Å². The second-order valence-corrected chi connectivity index (χ2v) is 5.77. The van der Waals surface area contributed by atoms with E-state index in [9.17, 15) is 4.79 Å². The average Bonchev–Trinajstić information content (AvgIpc) is 2.93. The van der Waals surface area contributed by atoms with Gasteiger partial charge in [-0.2, -0.15) is 0 Å². The van der Waals surface area contributed by atoms with Gasteiger partial charge in [-0.3, -0.25) is 4.79 Å². The largest absolute Gasteiger partial charge is 0.465 e. The molecule has 2 aromatic heterocycles. The van der Waals surface area contributed by atoms with Crippen LogP contribution in [-0.2, 0) is 16.0 Å². The molecule has 0 aliphatic rings. The SMILES string of the molecule is CCOC(=O)C(N)Cc1c(-c2ccccc2)nc2cc(C)ccn12. The van der Waals surface area contributed by atoms with Gasteiger partial charge in [-0.25, -0.2) is 4.98 Å². The standard InChI is InChI=1S/C19H21N3O2/c1-3-24-19(23)15(20)12-16-18(14-7-5-4-6-8-14)21-17-11-13(2)9-10-22(16)17/h4-11,15H,3,12,20H2,1-2H3. The minimum Gasteiger partial charge on any atom is -0.465 e. The van der Waals surface area contributed by atoms with Crippen LogP contribution in [0.5, 0.6) is 0 Å². The number of benzene rings is 1. The van der Waals surface area contributed by atoms with Crippen LogP contribution in [0.2, 0.25) is 0 Å². The van der Waals surface area contributed by atoms with Crippen LogP contribution < -0.4 is 5.73 Å². The van der Waals surface area contributed by atoms with Gasteiger partial charge in [0.05, 0.1) is 18.0 Å². The number of carbonyl (C=O) groups excluding carboxylic acids is 1. The highest BCUT2D eigenvalue weighted by Gasteiger charge is 2.21. The van der Waals surface area contributed by atoms with Gasteiger partial charge in [-0.15, -0.1) is 0 Å². The molecule has 3 aromatic rings. The fraction of sp³-hybridized carbons (Fsp3) is 0.263. The molecule has 1 unspecified atom stereocenters. The van der Waals surface area contributed by atoms with Crippen LogP contribution in [0.25, 0.3) is 16.9 Å². The van der Waals surface area contributed by atoms with Gasteiger partial charge in [-0.05, 0) is 31.5 Å². The summed E-state index contributed by atoms with van der Waals surface area (Å²) in [5.41, 5.74) is 10.8. The van der Waals surface area contributed by atoms with E-state index in [1.165, 1.54) is 0 Å². The van der Waals surface area contributed by atoms with Crippen LogP contribution in [-0.4, -0.2) is 28.0 Å². The fourth-order valence-corrected chi connectivity index (χ4v) is 2.76. The van der Waals surface area contributed by atoms with Gasteiger partial charge in [0.2, 0.25) is 0 Å². The van der Waals surface area contributed by atoms with Crippen molar-refractivity contribution >= 4 is 11.6 Å². The predicted octanol–water partition coefficient (Wildman–Crippen LogP) is 2.74.